The van der Waals surface area contributed by atoms with Crippen molar-refractivity contribution in [3.05, 3.63) is 60.2 Å². The number of amides is 1. The summed E-state index contributed by atoms with van der Waals surface area (Å²) in [6, 6.07) is 15.1. The Labute approximate surface area is 198 Å². The van der Waals surface area contributed by atoms with Crippen molar-refractivity contribution >= 4 is 16.7 Å². The normalized spacial score (nSPS) is 16.1. The number of piperazine rings is 1. The maximum atomic E-state index is 13.0. The number of hydrogen-bond acceptors (Lipinski definition) is 4. The molecule has 2 aromatic rings. The van der Waals surface area contributed by atoms with Gasteiger partial charge < -0.3 is 15.0 Å². The second kappa shape index (κ2) is 12.0. The second-order valence-corrected chi connectivity index (χ2v) is 9.12. The van der Waals surface area contributed by atoms with Gasteiger partial charge in [0.1, 0.15) is 5.41 Å². The van der Waals surface area contributed by atoms with Crippen molar-refractivity contribution in [1.29, 1.82) is 0 Å². The molecule has 1 aliphatic rings. The van der Waals surface area contributed by atoms with E-state index in [0.29, 0.717) is 0 Å². The van der Waals surface area contributed by atoms with Gasteiger partial charge in [0.25, 0.3) is 0 Å². The lowest BCUT2D eigenvalue weighted by Crippen LogP contribution is -2.52. The van der Waals surface area contributed by atoms with Crippen LogP contribution in [0, 0.1) is 17.3 Å². The lowest BCUT2D eigenvalue weighted by molar-refractivity contribution is -0.139. The van der Waals surface area contributed by atoms with E-state index in [1.165, 1.54) is 16.3 Å². The molecular weight excluding hydrogens is 410 g/mol. The van der Waals surface area contributed by atoms with E-state index in [9.17, 15) is 4.79 Å². The molecule has 1 atom stereocenters. The number of nitrogens with one attached hydrogen (secondary N) is 1. The first-order chi connectivity index (χ1) is 15.9. The predicted octanol–water partition coefficient (Wildman–Crippen LogP) is 3.87. The molecule has 0 aromatic heterocycles. The fourth-order valence-electron chi connectivity index (χ4n) is 4.17. The monoisotopic (exact) mass is 447 g/mol. The molecule has 2 aromatic carbocycles. The second-order valence-electron chi connectivity index (χ2n) is 9.12. The maximum Gasteiger partial charge on any atom is 0.240 e. The van der Waals surface area contributed by atoms with Crippen molar-refractivity contribution in [1.82, 2.24) is 15.1 Å². The van der Waals surface area contributed by atoms with Crippen LogP contribution in [0.15, 0.2) is 54.6 Å². The van der Waals surface area contributed by atoms with Crippen LogP contribution in [0.4, 0.5) is 0 Å². The van der Waals surface area contributed by atoms with Gasteiger partial charge in [-0.1, -0.05) is 60.4 Å². The van der Waals surface area contributed by atoms with E-state index in [4.69, 9.17) is 4.74 Å². The number of fused-ring (bicyclic) bond motifs is 1. The number of allylic oxidation sites excluding steroid dienone is 1. The third-order valence-electron chi connectivity index (χ3n) is 6.22. The minimum absolute atomic E-state index is 0.109. The van der Waals surface area contributed by atoms with Gasteiger partial charge in [-0.25, -0.2) is 0 Å². The van der Waals surface area contributed by atoms with Gasteiger partial charge in [-0.2, -0.15) is 0 Å². The van der Waals surface area contributed by atoms with Gasteiger partial charge in [0.15, 0.2) is 0 Å². The Balaban J connectivity index is 1.47. The number of carbonyl (C=O) groups is 1. The molecule has 1 saturated heterocycles. The van der Waals surface area contributed by atoms with Crippen LogP contribution in [0.1, 0.15) is 32.4 Å². The van der Waals surface area contributed by atoms with Gasteiger partial charge in [0, 0.05) is 52.4 Å². The van der Waals surface area contributed by atoms with Crippen molar-refractivity contribution < 1.29 is 9.53 Å². The first kappa shape index (κ1) is 25.0. The number of benzene rings is 2. The van der Waals surface area contributed by atoms with Gasteiger partial charge in [0.05, 0.1) is 6.61 Å². The van der Waals surface area contributed by atoms with Crippen LogP contribution in [0.2, 0.25) is 0 Å². The van der Waals surface area contributed by atoms with Crippen LogP contribution >= 0.6 is 0 Å². The average molecular weight is 448 g/mol. The Morgan fingerprint density at radius 2 is 1.88 bits per heavy atom. The van der Waals surface area contributed by atoms with E-state index < -0.39 is 5.41 Å². The molecule has 0 aliphatic carbocycles. The minimum atomic E-state index is -0.692. The third kappa shape index (κ3) is 6.91. The van der Waals surface area contributed by atoms with Crippen molar-refractivity contribution in [2.75, 3.05) is 53.0 Å². The van der Waals surface area contributed by atoms with E-state index in [1.54, 1.807) is 7.11 Å². The van der Waals surface area contributed by atoms with Gasteiger partial charge in [-0.3, -0.25) is 9.69 Å². The van der Waals surface area contributed by atoms with Crippen molar-refractivity contribution in [3.63, 3.8) is 0 Å². The summed E-state index contributed by atoms with van der Waals surface area (Å²) in [4.78, 5) is 17.2. The summed E-state index contributed by atoms with van der Waals surface area (Å²) in [7, 11) is 1.72. The Bertz CT molecular complexity index is 1010. The molecule has 0 radical (unpaired) electrons. The molecule has 1 amide bonds. The zero-order chi connectivity index (χ0) is 23.7. The summed E-state index contributed by atoms with van der Waals surface area (Å²) < 4.78 is 5.15. The van der Waals surface area contributed by atoms with E-state index >= 15 is 0 Å². The highest BCUT2D eigenvalue weighted by molar-refractivity contribution is 5.86. The third-order valence-corrected chi connectivity index (χ3v) is 6.22. The van der Waals surface area contributed by atoms with Crippen LogP contribution in [-0.4, -0.2) is 68.7 Å². The Morgan fingerprint density at radius 3 is 2.64 bits per heavy atom. The first-order valence-electron chi connectivity index (χ1n) is 11.8. The van der Waals surface area contributed by atoms with Gasteiger partial charge in [-0.15, -0.1) is 0 Å². The van der Waals surface area contributed by atoms with Crippen molar-refractivity contribution in [2.45, 2.75) is 26.8 Å². The molecule has 1 fully saturated rings. The molecule has 176 valence electrons. The van der Waals surface area contributed by atoms with Crippen LogP contribution in [0.25, 0.3) is 10.8 Å². The number of rotatable bonds is 8. The Hall–Kier alpha value is -2.65. The van der Waals surface area contributed by atoms with E-state index in [1.807, 2.05) is 30.9 Å². The highest BCUT2D eigenvalue weighted by Gasteiger charge is 2.32. The highest BCUT2D eigenvalue weighted by Crippen LogP contribution is 2.24. The number of methoxy groups -OCH3 is 1. The van der Waals surface area contributed by atoms with E-state index in [2.05, 4.69) is 71.4 Å². The van der Waals surface area contributed by atoms with E-state index in [-0.39, 0.29) is 11.9 Å². The number of hydrogen-bond donors (Lipinski definition) is 1. The van der Waals surface area contributed by atoms with Crippen molar-refractivity contribution in [2.24, 2.45) is 5.41 Å². The molecule has 0 bridgehead atoms. The lowest BCUT2D eigenvalue weighted by atomic mass is 9.92. The maximum absolute atomic E-state index is 13.0. The Morgan fingerprint density at radius 1 is 1.15 bits per heavy atom. The van der Waals surface area contributed by atoms with Gasteiger partial charge in [0.2, 0.25) is 5.91 Å². The molecule has 33 heavy (non-hydrogen) atoms. The summed E-state index contributed by atoms with van der Waals surface area (Å²) in [5, 5.41) is 6.08. The summed E-state index contributed by atoms with van der Waals surface area (Å²) in [6.07, 6.45) is 3.87. The molecule has 1 aliphatic heterocycles. The highest BCUT2D eigenvalue weighted by atomic mass is 16.5. The van der Waals surface area contributed by atoms with Crippen LogP contribution in [0.3, 0.4) is 0 Å². The minimum Gasteiger partial charge on any atom is -0.383 e. The summed E-state index contributed by atoms with van der Waals surface area (Å²) in [5.41, 5.74) is 0.601. The summed E-state index contributed by atoms with van der Waals surface area (Å²) in [6.45, 7) is 11.6. The molecule has 5 nitrogen and oxygen atoms in total. The average Bonchev–Trinajstić information content (AvgIpc) is 2.84. The molecule has 5 heteroatoms. The van der Waals surface area contributed by atoms with Crippen molar-refractivity contribution in [3.8, 4) is 11.8 Å². The fourth-order valence-corrected chi connectivity index (χ4v) is 4.17. The predicted molar refractivity (Wildman–Crippen MR) is 136 cm³/mol. The zero-order valence-electron chi connectivity index (χ0n) is 20.4. The quantitative estimate of drug-likeness (QED) is 0.624. The molecule has 3 rings (SSSR count). The SMILES string of the molecule is COCCN1CCN(C(=O)C(C)(C)C#CC=CCN[C@H](C)c2cccc3ccccc23)CC1. The summed E-state index contributed by atoms with van der Waals surface area (Å²) >= 11 is 0. The fraction of sp³-hybridized carbons (Fsp3) is 0.464. The number of carbonyl (C=O) groups excluding carboxylic acids is 1. The smallest absolute Gasteiger partial charge is 0.240 e. The topological polar surface area (TPSA) is 44.8 Å². The molecule has 1 heterocycles. The van der Waals surface area contributed by atoms with E-state index in [0.717, 1.165) is 45.9 Å². The molecule has 0 saturated carbocycles. The molecule has 1 N–H and O–H groups in total. The van der Waals surface area contributed by atoms with Gasteiger partial charge in [-0.05, 0) is 43.2 Å². The van der Waals surface area contributed by atoms with Gasteiger partial charge >= 0.3 is 0 Å². The lowest BCUT2D eigenvalue weighted by Gasteiger charge is -2.37. The molecular formula is C28H37N3O2. The first-order valence-corrected chi connectivity index (χ1v) is 11.8. The Kier molecular flexibility index (Phi) is 9.08. The standard InChI is InChI=1S/C28H37N3O2/c1-23(25-14-10-12-24-11-6-7-13-26(24)25)29-16-9-5-8-15-28(2,3)27(32)31-19-17-30(18-20-31)21-22-33-4/h5-7,9-14,23,29H,16-22H2,1-4H3/t23-/m1/s1. The van der Waals surface area contributed by atoms with Crippen LogP contribution in [0.5, 0.6) is 0 Å². The van der Waals surface area contributed by atoms with Crippen LogP contribution < -0.4 is 5.32 Å². The largest absolute Gasteiger partial charge is 0.383 e. The molecule has 0 spiro atoms. The summed E-state index contributed by atoms with van der Waals surface area (Å²) in [5.74, 6) is 6.35. The number of ether oxygens (including phenoxy) is 1. The zero-order valence-corrected chi connectivity index (χ0v) is 20.4. The van der Waals surface area contributed by atoms with Crippen LogP contribution in [-0.2, 0) is 9.53 Å². The molecule has 0 unspecified atom stereocenters. The number of nitrogens with zero attached hydrogens (tertiary/aromatic N) is 2.